The van der Waals surface area contributed by atoms with Crippen LogP contribution in [0.5, 0.6) is 0 Å². The van der Waals surface area contributed by atoms with E-state index in [1.54, 1.807) is 32.2 Å². The number of benzene rings is 2. The smallest absolute Gasteiger partial charge is 0.335 e. The van der Waals surface area contributed by atoms with Crippen LogP contribution >= 0.6 is 11.6 Å². The van der Waals surface area contributed by atoms with E-state index in [0.29, 0.717) is 18.9 Å². The average molecular weight is 444 g/mol. The molecule has 1 heterocycles. The monoisotopic (exact) mass is 443 g/mol. The van der Waals surface area contributed by atoms with Crippen molar-refractivity contribution < 1.29 is 19.1 Å². The molecule has 0 radical (unpaired) electrons. The van der Waals surface area contributed by atoms with Crippen molar-refractivity contribution >= 4 is 29.2 Å². The minimum Gasteiger partial charge on any atom is -0.465 e. The van der Waals surface area contributed by atoms with Crippen molar-refractivity contribution in [1.82, 2.24) is 9.78 Å². The maximum atomic E-state index is 12.0. The van der Waals surface area contributed by atoms with E-state index < -0.39 is 17.4 Å². The van der Waals surface area contributed by atoms with Crippen LogP contribution in [0.2, 0.25) is 0 Å². The summed E-state index contributed by atoms with van der Waals surface area (Å²) in [6.07, 6.45) is 3.13. The minimum atomic E-state index is -0.693. The molecule has 2 aromatic carbocycles. The van der Waals surface area contributed by atoms with Gasteiger partial charge in [0.1, 0.15) is 0 Å². The highest BCUT2D eigenvalue weighted by Gasteiger charge is 2.24. The normalized spacial score (nSPS) is 12.1. The molecule has 0 aliphatic heterocycles. The van der Waals surface area contributed by atoms with Crippen LogP contribution in [0.25, 0.3) is 0 Å². The van der Waals surface area contributed by atoms with Crippen molar-refractivity contribution in [3.8, 4) is 0 Å². The third-order valence-electron chi connectivity index (χ3n) is 4.10. The fraction of sp³-hybridized carbons (Fsp3) is 0.261. The molecule has 2 unspecified atom stereocenters. The molecule has 0 fully saturated rings. The summed E-state index contributed by atoms with van der Waals surface area (Å²) >= 11 is 5.86. The summed E-state index contributed by atoms with van der Waals surface area (Å²) in [4.78, 5) is 23.2. The maximum absolute atomic E-state index is 12.0. The van der Waals surface area contributed by atoms with Gasteiger partial charge in [0.2, 0.25) is 0 Å². The molecule has 0 aliphatic rings. The van der Waals surface area contributed by atoms with Crippen LogP contribution in [0.15, 0.2) is 73.1 Å². The van der Waals surface area contributed by atoms with Gasteiger partial charge in [-0.3, -0.25) is 9.48 Å². The minimum absolute atomic E-state index is 0.332. The van der Waals surface area contributed by atoms with E-state index in [2.05, 4.69) is 5.10 Å². The van der Waals surface area contributed by atoms with Gasteiger partial charge in [-0.15, -0.1) is 11.6 Å². The first-order valence-electron chi connectivity index (χ1n) is 9.84. The number of nitrogen functional groups attached to an aromatic ring is 1. The maximum Gasteiger partial charge on any atom is 0.335 e. The molecular formula is C23H26ClN3O4. The number of esters is 2. The van der Waals surface area contributed by atoms with Gasteiger partial charge in [-0.1, -0.05) is 60.7 Å². The number of ether oxygens (including phenoxy) is 2. The van der Waals surface area contributed by atoms with Gasteiger partial charge in [-0.2, -0.15) is 5.10 Å². The van der Waals surface area contributed by atoms with Crippen LogP contribution in [-0.2, 0) is 19.1 Å². The number of nitrogens with zero attached hydrogens (tertiary/aromatic N) is 2. The lowest BCUT2D eigenvalue weighted by atomic mass is 10.1. The Hall–Kier alpha value is -3.32. The van der Waals surface area contributed by atoms with E-state index in [1.165, 1.54) is 10.9 Å². The van der Waals surface area contributed by atoms with E-state index in [4.69, 9.17) is 26.8 Å². The standard InChI is InChI=1S/C13H15N3O2.C10H11ClO2/c1-2-18-13(17)12(10-6-4-3-5-7-10)16-9-11(14)8-15-16;1-2-13-10(12)9(11)8-6-4-3-5-7-8/h3-9,12H,2,14H2,1H3;3-7,9H,2H2,1H3. The lowest BCUT2D eigenvalue weighted by Gasteiger charge is -2.16. The average Bonchev–Trinajstić information content (AvgIpc) is 3.21. The van der Waals surface area contributed by atoms with Crippen molar-refractivity contribution in [2.75, 3.05) is 18.9 Å². The summed E-state index contributed by atoms with van der Waals surface area (Å²) in [6.45, 7) is 4.22. The van der Waals surface area contributed by atoms with Gasteiger partial charge in [0, 0.05) is 6.20 Å². The van der Waals surface area contributed by atoms with Crippen LogP contribution in [0.3, 0.4) is 0 Å². The fourth-order valence-electron chi connectivity index (χ4n) is 2.72. The van der Waals surface area contributed by atoms with Gasteiger partial charge in [-0.05, 0) is 25.0 Å². The molecule has 2 N–H and O–H groups in total. The molecule has 0 aliphatic carbocycles. The van der Waals surface area contributed by atoms with E-state index >= 15 is 0 Å². The summed E-state index contributed by atoms with van der Waals surface area (Å²) in [5.74, 6) is -0.734. The van der Waals surface area contributed by atoms with Gasteiger partial charge < -0.3 is 15.2 Å². The first kappa shape index (κ1) is 24.0. The van der Waals surface area contributed by atoms with Crippen LogP contribution in [-0.4, -0.2) is 34.9 Å². The molecule has 0 spiro atoms. The Morgan fingerprint density at radius 1 is 0.935 bits per heavy atom. The SMILES string of the molecule is CCOC(=O)C(Cl)c1ccccc1.CCOC(=O)C(c1ccccc1)n1cc(N)cn1. The zero-order chi connectivity index (χ0) is 22.6. The third-order valence-corrected chi connectivity index (χ3v) is 4.53. The third kappa shape index (κ3) is 7.15. The van der Waals surface area contributed by atoms with Crippen LogP contribution in [0.1, 0.15) is 36.4 Å². The number of halogens is 1. The predicted octanol–water partition coefficient (Wildman–Crippen LogP) is 4.15. The Morgan fingerprint density at radius 3 is 1.94 bits per heavy atom. The zero-order valence-electron chi connectivity index (χ0n) is 17.5. The lowest BCUT2D eigenvalue weighted by molar-refractivity contribution is -0.146. The molecule has 0 saturated heterocycles. The van der Waals surface area contributed by atoms with Crippen molar-refractivity contribution in [3.05, 3.63) is 84.2 Å². The van der Waals surface area contributed by atoms with Crippen molar-refractivity contribution in [2.24, 2.45) is 0 Å². The molecule has 3 aromatic rings. The van der Waals surface area contributed by atoms with E-state index in [0.717, 1.165) is 11.1 Å². The van der Waals surface area contributed by atoms with Gasteiger partial charge in [0.15, 0.2) is 11.4 Å². The molecule has 7 nitrogen and oxygen atoms in total. The van der Waals surface area contributed by atoms with E-state index in [1.807, 2.05) is 48.5 Å². The molecular weight excluding hydrogens is 418 g/mol. The number of anilines is 1. The molecule has 31 heavy (non-hydrogen) atoms. The second kappa shape index (κ2) is 12.4. The molecule has 1 aromatic heterocycles. The summed E-state index contributed by atoms with van der Waals surface area (Å²) in [5.41, 5.74) is 7.73. The van der Waals surface area contributed by atoms with Gasteiger partial charge in [0.25, 0.3) is 0 Å². The Bertz CT molecular complexity index is 948. The fourth-order valence-corrected chi connectivity index (χ4v) is 2.93. The largest absolute Gasteiger partial charge is 0.465 e. The first-order chi connectivity index (χ1) is 15.0. The highest BCUT2D eigenvalue weighted by atomic mass is 35.5. The number of alkyl halides is 1. The van der Waals surface area contributed by atoms with E-state index in [9.17, 15) is 9.59 Å². The first-order valence-corrected chi connectivity index (χ1v) is 10.3. The summed E-state index contributed by atoms with van der Waals surface area (Å²) in [7, 11) is 0. The number of carbonyl (C=O) groups is 2. The van der Waals surface area contributed by atoms with Crippen molar-refractivity contribution in [2.45, 2.75) is 25.3 Å². The number of nitrogens with two attached hydrogens (primary N) is 1. The lowest BCUT2D eigenvalue weighted by Crippen LogP contribution is -2.23. The molecule has 2 atom stereocenters. The van der Waals surface area contributed by atoms with Crippen molar-refractivity contribution in [1.29, 1.82) is 0 Å². The molecule has 0 amide bonds. The molecule has 0 saturated carbocycles. The Balaban J connectivity index is 0.000000233. The second-order valence-corrected chi connectivity index (χ2v) is 6.78. The predicted molar refractivity (Wildman–Crippen MR) is 120 cm³/mol. The van der Waals surface area contributed by atoms with Gasteiger partial charge in [-0.25, -0.2) is 4.79 Å². The van der Waals surface area contributed by atoms with Crippen molar-refractivity contribution in [3.63, 3.8) is 0 Å². The van der Waals surface area contributed by atoms with Crippen LogP contribution < -0.4 is 5.73 Å². The Labute approximate surface area is 186 Å². The number of hydrogen-bond donors (Lipinski definition) is 1. The number of rotatable bonds is 7. The highest BCUT2D eigenvalue weighted by molar-refractivity contribution is 6.29. The Kier molecular flexibility index (Phi) is 9.58. The second-order valence-electron chi connectivity index (χ2n) is 6.34. The highest BCUT2D eigenvalue weighted by Crippen LogP contribution is 2.21. The number of hydrogen-bond acceptors (Lipinski definition) is 6. The van der Waals surface area contributed by atoms with Gasteiger partial charge in [0.05, 0.1) is 25.1 Å². The number of carbonyl (C=O) groups excluding carboxylic acids is 2. The summed E-state index contributed by atoms with van der Waals surface area (Å²) in [5, 5.41) is 3.39. The summed E-state index contributed by atoms with van der Waals surface area (Å²) in [6, 6.07) is 17.9. The summed E-state index contributed by atoms with van der Waals surface area (Å²) < 4.78 is 11.4. The zero-order valence-corrected chi connectivity index (χ0v) is 18.2. The molecule has 3 rings (SSSR count). The molecule has 8 heteroatoms. The molecule has 164 valence electrons. The molecule has 0 bridgehead atoms. The van der Waals surface area contributed by atoms with Crippen LogP contribution in [0.4, 0.5) is 5.69 Å². The number of aromatic nitrogens is 2. The van der Waals surface area contributed by atoms with Gasteiger partial charge >= 0.3 is 11.9 Å². The quantitative estimate of drug-likeness (QED) is 0.435. The van der Waals surface area contributed by atoms with Crippen LogP contribution in [0, 0.1) is 0 Å². The topological polar surface area (TPSA) is 96.4 Å². The van der Waals surface area contributed by atoms with E-state index in [-0.39, 0.29) is 5.97 Å². The Morgan fingerprint density at radius 2 is 1.45 bits per heavy atom.